The number of fused-ring (bicyclic) bond motifs is 2. The molecule has 0 fully saturated rings. The van der Waals surface area contributed by atoms with Crippen LogP contribution in [0.2, 0.25) is 0 Å². The van der Waals surface area contributed by atoms with Gasteiger partial charge < -0.3 is 15.3 Å². The van der Waals surface area contributed by atoms with Crippen molar-refractivity contribution in [3.05, 3.63) is 89.5 Å². The van der Waals surface area contributed by atoms with E-state index < -0.39 is 5.54 Å². The number of nitrogens with zero attached hydrogens (tertiary/aromatic N) is 2. The minimum atomic E-state index is -1.13. The molecular formula is C28H27N3O3. The molecule has 3 aromatic carbocycles. The van der Waals surface area contributed by atoms with Crippen molar-refractivity contribution in [3.8, 4) is 16.9 Å². The normalized spacial score (nSPS) is 21.2. The maximum atomic E-state index is 13.5. The van der Waals surface area contributed by atoms with Gasteiger partial charge in [0.05, 0.1) is 0 Å². The molecule has 6 heteroatoms. The molecule has 2 N–H and O–H groups in total. The van der Waals surface area contributed by atoms with E-state index in [0.29, 0.717) is 25.0 Å². The second kappa shape index (κ2) is 8.45. The van der Waals surface area contributed by atoms with E-state index >= 15 is 0 Å². The number of rotatable bonds is 5. The highest BCUT2D eigenvalue weighted by atomic mass is 16.5. The number of ether oxygens (including phenoxy) is 1. The first-order valence-electron chi connectivity index (χ1n) is 11.5. The number of hydrogen-bond acceptors (Lipinski definition) is 5. The van der Waals surface area contributed by atoms with Crippen LogP contribution in [-0.2, 0) is 21.5 Å². The Morgan fingerprint density at radius 1 is 1.09 bits per heavy atom. The molecular weight excluding hydrogens is 426 g/mol. The van der Waals surface area contributed by atoms with Crippen LogP contribution in [0.4, 0.5) is 0 Å². The molecule has 1 amide bonds. The minimum absolute atomic E-state index is 0.150. The van der Waals surface area contributed by atoms with Crippen molar-refractivity contribution < 1.29 is 14.3 Å². The molecule has 2 heterocycles. The number of nitrogens with two attached hydrogens (primary N) is 1. The quantitative estimate of drug-likeness (QED) is 0.621. The number of aryl methyl sites for hydroxylation is 1. The molecule has 34 heavy (non-hydrogen) atoms. The van der Waals surface area contributed by atoms with Crippen molar-refractivity contribution >= 4 is 17.6 Å². The molecule has 3 aromatic rings. The number of hydrogen-bond donors (Lipinski definition) is 1. The van der Waals surface area contributed by atoms with Crippen molar-refractivity contribution in [2.24, 2.45) is 10.7 Å². The predicted octanol–water partition coefficient (Wildman–Crippen LogP) is 4.38. The van der Waals surface area contributed by atoms with Gasteiger partial charge in [-0.2, -0.15) is 0 Å². The average molecular weight is 454 g/mol. The zero-order valence-electron chi connectivity index (χ0n) is 19.3. The van der Waals surface area contributed by atoms with E-state index in [1.807, 2.05) is 66.7 Å². The first-order chi connectivity index (χ1) is 16.4. The van der Waals surface area contributed by atoms with Gasteiger partial charge in [-0.05, 0) is 47.7 Å². The molecule has 0 bridgehead atoms. The maximum Gasteiger partial charge on any atom is 0.261 e. The summed E-state index contributed by atoms with van der Waals surface area (Å²) in [5.74, 6) is 0.867. The van der Waals surface area contributed by atoms with Gasteiger partial charge in [0, 0.05) is 25.5 Å². The summed E-state index contributed by atoms with van der Waals surface area (Å²) in [6.45, 7) is 1.61. The lowest BCUT2D eigenvalue weighted by Gasteiger charge is -2.37. The second-order valence-electron chi connectivity index (χ2n) is 9.03. The summed E-state index contributed by atoms with van der Waals surface area (Å²) >= 11 is 0. The van der Waals surface area contributed by atoms with Gasteiger partial charge in [-0.15, -0.1) is 0 Å². The third kappa shape index (κ3) is 3.75. The Bertz CT molecular complexity index is 1300. The van der Waals surface area contributed by atoms with E-state index in [-0.39, 0.29) is 23.8 Å². The standard InChI is InChI=1S/C28H27N3O3/c1-18(32)11-12-19-7-6-10-21(15-19)22-13-14-24-23(16-22)28(26(33)31(2)27(29)30-28)17-25(34-24)20-8-4-3-5-9-20/h3-10,13-16,25H,11-12,17H2,1-2H3,(H2,29,30). The number of carbonyl (C=O) groups excluding carboxylic acids is 2. The molecule has 2 atom stereocenters. The highest BCUT2D eigenvalue weighted by Gasteiger charge is 2.53. The van der Waals surface area contributed by atoms with E-state index in [0.717, 1.165) is 27.8 Å². The number of Topliss-reactive ketones (excluding diaryl/α,β-unsaturated/α-hetero) is 1. The van der Waals surface area contributed by atoms with Crippen LogP contribution in [0.25, 0.3) is 11.1 Å². The van der Waals surface area contributed by atoms with E-state index in [2.05, 4.69) is 6.07 Å². The SMILES string of the molecule is CC(=O)CCc1cccc(-c2ccc3c(c2)C2(CC(c4ccccc4)O3)N=C(N)N(C)C2=O)c1. The third-order valence-electron chi connectivity index (χ3n) is 6.68. The Labute approximate surface area is 199 Å². The van der Waals surface area contributed by atoms with Crippen LogP contribution in [0.5, 0.6) is 5.75 Å². The number of amides is 1. The lowest BCUT2D eigenvalue weighted by molar-refractivity contribution is -0.132. The Kier molecular flexibility index (Phi) is 5.44. The van der Waals surface area contributed by atoms with Gasteiger partial charge in [0.1, 0.15) is 17.6 Å². The predicted molar refractivity (Wildman–Crippen MR) is 131 cm³/mol. The van der Waals surface area contributed by atoms with Crippen LogP contribution in [0.1, 0.15) is 42.6 Å². The van der Waals surface area contributed by atoms with Crippen LogP contribution in [0.3, 0.4) is 0 Å². The lowest BCUT2D eigenvalue weighted by Crippen LogP contribution is -2.43. The molecule has 0 aliphatic carbocycles. The third-order valence-corrected chi connectivity index (χ3v) is 6.68. The van der Waals surface area contributed by atoms with E-state index in [9.17, 15) is 9.59 Å². The first kappa shape index (κ1) is 21.9. The molecule has 0 aromatic heterocycles. The molecule has 5 rings (SSSR count). The van der Waals surface area contributed by atoms with Gasteiger partial charge in [-0.25, -0.2) is 4.99 Å². The number of ketones is 1. The van der Waals surface area contributed by atoms with Gasteiger partial charge in [-0.3, -0.25) is 9.69 Å². The highest BCUT2D eigenvalue weighted by molar-refractivity contribution is 6.07. The Morgan fingerprint density at radius 3 is 2.56 bits per heavy atom. The van der Waals surface area contributed by atoms with Crippen molar-refractivity contribution in [1.29, 1.82) is 0 Å². The topological polar surface area (TPSA) is 85.0 Å². The van der Waals surface area contributed by atoms with Gasteiger partial charge >= 0.3 is 0 Å². The summed E-state index contributed by atoms with van der Waals surface area (Å²) in [5, 5.41) is 0. The van der Waals surface area contributed by atoms with Crippen molar-refractivity contribution in [2.45, 2.75) is 37.8 Å². The number of guanidine groups is 1. The van der Waals surface area contributed by atoms with Crippen LogP contribution in [0, 0.1) is 0 Å². The molecule has 0 saturated carbocycles. The van der Waals surface area contributed by atoms with Crippen molar-refractivity contribution in [2.75, 3.05) is 7.05 Å². The fraction of sp³-hybridized carbons (Fsp3) is 0.250. The molecule has 172 valence electrons. The zero-order valence-corrected chi connectivity index (χ0v) is 19.3. The summed E-state index contributed by atoms with van der Waals surface area (Å²) < 4.78 is 6.38. The Balaban J connectivity index is 1.59. The Morgan fingerprint density at radius 2 is 1.85 bits per heavy atom. The Hall–Kier alpha value is -3.93. The number of benzene rings is 3. The molecule has 2 aliphatic heterocycles. The number of carbonyl (C=O) groups is 2. The summed E-state index contributed by atoms with van der Waals surface area (Å²) in [6.07, 6.45) is 1.27. The minimum Gasteiger partial charge on any atom is -0.485 e. The van der Waals surface area contributed by atoms with Crippen LogP contribution in [-0.4, -0.2) is 29.6 Å². The van der Waals surface area contributed by atoms with E-state index in [1.165, 1.54) is 4.90 Å². The number of aliphatic imine (C=N–C) groups is 1. The maximum absolute atomic E-state index is 13.5. The molecule has 0 saturated heterocycles. The van der Waals surface area contributed by atoms with Crippen LogP contribution >= 0.6 is 0 Å². The van der Waals surface area contributed by atoms with Crippen LogP contribution < -0.4 is 10.5 Å². The van der Waals surface area contributed by atoms with Crippen LogP contribution in [0.15, 0.2) is 77.8 Å². The zero-order chi connectivity index (χ0) is 23.9. The molecule has 0 radical (unpaired) electrons. The summed E-state index contributed by atoms with van der Waals surface area (Å²) in [5.41, 5.74) is 9.79. The first-order valence-corrected chi connectivity index (χ1v) is 11.5. The summed E-state index contributed by atoms with van der Waals surface area (Å²) in [7, 11) is 1.66. The fourth-order valence-electron chi connectivity index (χ4n) is 4.80. The van der Waals surface area contributed by atoms with Crippen molar-refractivity contribution in [3.63, 3.8) is 0 Å². The molecule has 1 spiro atoms. The van der Waals surface area contributed by atoms with Gasteiger partial charge in [0.25, 0.3) is 5.91 Å². The van der Waals surface area contributed by atoms with Gasteiger partial charge in [0.2, 0.25) is 0 Å². The van der Waals surface area contributed by atoms with Gasteiger partial charge in [0.15, 0.2) is 11.5 Å². The van der Waals surface area contributed by atoms with E-state index in [1.54, 1.807) is 14.0 Å². The second-order valence-corrected chi connectivity index (χ2v) is 9.03. The average Bonchev–Trinajstić information content (AvgIpc) is 3.07. The lowest BCUT2D eigenvalue weighted by atomic mass is 9.79. The summed E-state index contributed by atoms with van der Waals surface area (Å²) in [4.78, 5) is 31.1. The molecule has 6 nitrogen and oxygen atoms in total. The monoisotopic (exact) mass is 453 g/mol. The molecule has 2 aliphatic rings. The molecule has 2 unspecified atom stereocenters. The van der Waals surface area contributed by atoms with Crippen molar-refractivity contribution in [1.82, 2.24) is 4.90 Å². The largest absolute Gasteiger partial charge is 0.485 e. The summed E-state index contributed by atoms with van der Waals surface area (Å²) in [6, 6.07) is 23.9. The van der Waals surface area contributed by atoms with E-state index in [4.69, 9.17) is 15.5 Å². The highest BCUT2D eigenvalue weighted by Crippen LogP contribution is 2.50. The smallest absolute Gasteiger partial charge is 0.261 e. The fourth-order valence-corrected chi connectivity index (χ4v) is 4.80. The number of likely N-dealkylation sites (N-methyl/N-ethyl adjacent to an activating group) is 1. The van der Waals surface area contributed by atoms with Gasteiger partial charge in [-0.1, -0.05) is 60.7 Å².